The Bertz CT molecular complexity index is 423. The highest BCUT2D eigenvalue weighted by Crippen LogP contribution is 2.23. The molecule has 0 amide bonds. The predicted octanol–water partition coefficient (Wildman–Crippen LogP) is 2.00. The lowest BCUT2D eigenvalue weighted by Crippen LogP contribution is -2.19. The molecule has 0 bridgehead atoms. The molecule has 0 aliphatic carbocycles. The van der Waals surface area contributed by atoms with Gasteiger partial charge in [0.2, 0.25) is 0 Å². The molecule has 17 heavy (non-hydrogen) atoms. The number of benzene rings is 1. The number of rotatable bonds is 5. The van der Waals surface area contributed by atoms with Crippen molar-refractivity contribution in [3.63, 3.8) is 0 Å². The molecule has 4 nitrogen and oxygen atoms in total. The predicted molar refractivity (Wildman–Crippen MR) is 63.3 cm³/mol. The molecule has 0 unspecified atom stereocenters. The molecule has 0 heterocycles. The lowest BCUT2D eigenvalue weighted by Gasteiger charge is -2.10. The van der Waals surface area contributed by atoms with Gasteiger partial charge in [0, 0.05) is 11.1 Å². The van der Waals surface area contributed by atoms with Crippen LogP contribution in [0, 0.1) is 0 Å². The summed E-state index contributed by atoms with van der Waals surface area (Å²) in [6, 6.07) is 5.06. The van der Waals surface area contributed by atoms with Crippen molar-refractivity contribution in [2.75, 3.05) is 13.7 Å². The average Bonchev–Trinajstić information content (AvgIpc) is 2.36. The maximum atomic E-state index is 11.9. The van der Waals surface area contributed by atoms with Crippen molar-refractivity contribution in [3.8, 4) is 5.75 Å². The van der Waals surface area contributed by atoms with E-state index in [1.807, 2.05) is 6.92 Å². The summed E-state index contributed by atoms with van der Waals surface area (Å²) in [5.41, 5.74) is 1.08. The lowest BCUT2D eigenvalue weighted by molar-refractivity contribution is -0.137. The SMILES string of the molecule is CCOC(=O)C(=O)c1cccc(OC)c1CC. The van der Waals surface area contributed by atoms with Crippen molar-refractivity contribution in [3.05, 3.63) is 29.3 Å². The maximum absolute atomic E-state index is 11.9. The monoisotopic (exact) mass is 236 g/mol. The molecule has 0 spiro atoms. The van der Waals surface area contributed by atoms with E-state index in [2.05, 4.69) is 0 Å². The Morgan fingerprint density at radius 2 is 1.94 bits per heavy atom. The molecule has 0 saturated heterocycles. The van der Waals surface area contributed by atoms with Gasteiger partial charge in [0.05, 0.1) is 13.7 Å². The smallest absolute Gasteiger partial charge is 0.379 e. The summed E-state index contributed by atoms with van der Waals surface area (Å²) in [6.45, 7) is 3.76. The summed E-state index contributed by atoms with van der Waals surface area (Å²) in [5.74, 6) is -0.833. The second kappa shape index (κ2) is 6.03. The van der Waals surface area contributed by atoms with Crippen LogP contribution in [-0.4, -0.2) is 25.5 Å². The Balaban J connectivity index is 3.13. The van der Waals surface area contributed by atoms with Crippen molar-refractivity contribution in [1.29, 1.82) is 0 Å². The van der Waals surface area contributed by atoms with Crippen molar-refractivity contribution >= 4 is 11.8 Å². The number of hydrogen-bond donors (Lipinski definition) is 0. The van der Waals surface area contributed by atoms with Gasteiger partial charge in [-0.15, -0.1) is 0 Å². The molecule has 1 aromatic rings. The average molecular weight is 236 g/mol. The first-order valence-corrected chi connectivity index (χ1v) is 5.53. The molecule has 0 saturated carbocycles. The fourth-order valence-electron chi connectivity index (χ4n) is 1.64. The van der Waals surface area contributed by atoms with Crippen LogP contribution in [0.2, 0.25) is 0 Å². The van der Waals surface area contributed by atoms with Crippen molar-refractivity contribution in [2.24, 2.45) is 0 Å². The van der Waals surface area contributed by atoms with Crippen molar-refractivity contribution in [2.45, 2.75) is 20.3 Å². The number of ketones is 1. The first kappa shape index (κ1) is 13.2. The van der Waals surface area contributed by atoms with E-state index in [-0.39, 0.29) is 6.61 Å². The zero-order chi connectivity index (χ0) is 12.8. The zero-order valence-corrected chi connectivity index (χ0v) is 10.3. The van der Waals surface area contributed by atoms with Gasteiger partial charge in [-0.05, 0) is 19.4 Å². The highest BCUT2D eigenvalue weighted by atomic mass is 16.5. The highest BCUT2D eigenvalue weighted by molar-refractivity contribution is 6.41. The number of Topliss-reactive ketones (excluding diaryl/α,β-unsaturated/α-hetero) is 1. The van der Waals surface area contributed by atoms with Crippen LogP contribution in [0.25, 0.3) is 0 Å². The molecule has 92 valence electrons. The Morgan fingerprint density at radius 3 is 2.47 bits per heavy atom. The molecule has 0 atom stereocenters. The molecule has 4 heteroatoms. The third-order valence-corrected chi connectivity index (χ3v) is 2.41. The lowest BCUT2D eigenvalue weighted by atomic mass is 10.0. The topological polar surface area (TPSA) is 52.6 Å². The van der Waals surface area contributed by atoms with Crippen LogP contribution in [0.5, 0.6) is 5.75 Å². The van der Waals surface area contributed by atoms with Gasteiger partial charge < -0.3 is 9.47 Å². The normalized spacial score (nSPS) is 9.82. The molecule has 0 N–H and O–H groups in total. The van der Waals surface area contributed by atoms with E-state index >= 15 is 0 Å². The molecule has 0 aliphatic rings. The molecule has 1 rings (SSSR count). The molecule has 0 aliphatic heterocycles. The van der Waals surface area contributed by atoms with E-state index in [1.165, 1.54) is 7.11 Å². The van der Waals surface area contributed by atoms with Crippen molar-refractivity contribution in [1.82, 2.24) is 0 Å². The molecule has 0 fully saturated rings. The fourth-order valence-corrected chi connectivity index (χ4v) is 1.64. The minimum absolute atomic E-state index is 0.190. The van der Waals surface area contributed by atoms with Crippen molar-refractivity contribution < 1.29 is 19.1 Å². The number of methoxy groups -OCH3 is 1. The van der Waals surface area contributed by atoms with Gasteiger partial charge in [-0.3, -0.25) is 4.79 Å². The van der Waals surface area contributed by atoms with Crippen LogP contribution in [0.4, 0.5) is 0 Å². The van der Waals surface area contributed by atoms with Gasteiger partial charge in [0.15, 0.2) is 0 Å². The fraction of sp³-hybridized carbons (Fsp3) is 0.385. The molecular weight excluding hydrogens is 220 g/mol. The molecule has 1 aromatic carbocycles. The minimum Gasteiger partial charge on any atom is -0.496 e. The minimum atomic E-state index is -0.824. The van der Waals surface area contributed by atoms with Crippen LogP contribution >= 0.6 is 0 Å². The summed E-state index contributed by atoms with van der Waals surface area (Å²) >= 11 is 0. The second-order valence-electron chi connectivity index (χ2n) is 3.39. The van der Waals surface area contributed by atoms with Gasteiger partial charge in [-0.2, -0.15) is 0 Å². The first-order chi connectivity index (χ1) is 8.15. The number of carbonyl (C=O) groups excluding carboxylic acids is 2. The van der Waals surface area contributed by atoms with Gasteiger partial charge in [0.1, 0.15) is 5.75 Å². The molecule has 0 aromatic heterocycles. The maximum Gasteiger partial charge on any atom is 0.379 e. The Labute approximate surface area is 101 Å². The quantitative estimate of drug-likeness (QED) is 0.446. The summed E-state index contributed by atoms with van der Waals surface area (Å²) in [4.78, 5) is 23.3. The molecule has 0 radical (unpaired) electrons. The van der Waals surface area contributed by atoms with Crippen LogP contribution in [0.1, 0.15) is 29.8 Å². The summed E-state index contributed by atoms with van der Waals surface area (Å²) < 4.78 is 9.86. The van der Waals surface area contributed by atoms with Gasteiger partial charge in [-0.1, -0.05) is 19.1 Å². The van der Waals surface area contributed by atoms with Gasteiger partial charge >= 0.3 is 5.97 Å². The van der Waals surface area contributed by atoms with E-state index in [4.69, 9.17) is 9.47 Å². The third-order valence-electron chi connectivity index (χ3n) is 2.41. The standard InChI is InChI=1S/C13H16O4/c1-4-9-10(7-6-8-11(9)16-3)12(14)13(15)17-5-2/h6-8H,4-5H2,1-3H3. The number of ether oxygens (including phenoxy) is 2. The van der Waals surface area contributed by atoms with Crippen LogP contribution in [0.3, 0.4) is 0 Å². The largest absolute Gasteiger partial charge is 0.496 e. The summed E-state index contributed by atoms with van der Waals surface area (Å²) in [5, 5.41) is 0. The van der Waals surface area contributed by atoms with Crippen LogP contribution < -0.4 is 4.74 Å². The third kappa shape index (κ3) is 2.84. The number of hydrogen-bond acceptors (Lipinski definition) is 4. The first-order valence-electron chi connectivity index (χ1n) is 5.53. The zero-order valence-electron chi connectivity index (χ0n) is 10.3. The Kier molecular flexibility index (Phi) is 4.69. The van der Waals surface area contributed by atoms with Gasteiger partial charge in [0.25, 0.3) is 5.78 Å². The van der Waals surface area contributed by atoms with E-state index in [9.17, 15) is 9.59 Å². The van der Waals surface area contributed by atoms with Gasteiger partial charge in [-0.25, -0.2) is 4.79 Å². The Morgan fingerprint density at radius 1 is 1.24 bits per heavy atom. The van der Waals surface area contributed by atoms with E-state index in [0.717, 1.165) is 5.56 Å². The second-order valence-corrected chi connectivity index (χ2v) is 3.39. The summed E-state index contributed by atoms with van der Waals surface area (Å²) in [7, 11) is 1.53. The number of esters is 1. The van der Waals surface area contributed by atoms with Crippen LogP contribution in [-0.2, 0) is 16.0 Å². The molecular formula is C13H16O4. The van der Waals surface area contributed by atoms with Crippen LogP contribution in [0.15, 0.2) is 18.2 Å². The highest BCUT2D eigenvalue weighted by Gasteiger charge is 2.21. The summed E-state index contributed by atoms with van der Waals surface area (Å²) in [6.07, 6.45) is 0.616. The number of carbonyl (C=O) groups is 2. The Hall–Kier alpha value is -1.84. The van der Waals surface area contributed by atoms with E-state index < -0.39 is 11.8 Å². The van der Waals surface area contributed by atoms with E-state index in [1.54, 1.807) is 25.1 Å². The van der Waals surface area contributed by atoms with E-state index in [0.29, 0.717) is 17.7 Å².